The van der Waals surface area contributed by atoms with E-state index < -0.39 is 8.38 Å². The first kappa shape index (κ1) is 28.7. The Balaban J connectivity index is 1.97. The summed E-state index contributed by atoms with van der Waals surface area (Å²) in [6, 6.07) is 17.9. The van der Waals surface area contributed by atoms with Gasteiger partial charge in [-0.25, -0.2) is 0 Å². The first-order valence-corrected chi connectivity index (χ1v) is 15.1. The van der Waals surface area contributed by atoms with Gasteiger partial charge in [0.2, 0.25) is 0 Å². The Kier molecular flexibility index (Phi) is 7.10. The van der Waals surface area contributed by atoms with Crippen LogP contribution in [0.3, 0.4) is 0 Å². The maximum atomic E-state index is 7.12. The van der Waals surface area contributed by atoms with Gasteiger partial charge in [-0.15, -0.1) is 0 Å². The largest absolute Gasteiger partial charge is 0.435 e. The van der Waals surface area contributed by atoms with Gasteiger partial charge in [-0.3, -0.25) is 0 Å². The minimum Gasteiger partial charge on any atom is -0.435 e. The van der Waals surface area contributed by atoms with Gasteiger partial charge in [0.15, 0.2) is 0 Å². The lowest BCUT2D eigenvalue weighted by Gasteiger charge is -2.36. The highest BCUT2D eigenvalue weighted by Crippen LogP contribution is 2.55. The highest BCUT2D eigenvalue weighted by atomic mass is 31.2. The molecule has 0 fully saturated rings. The molecular weight excluding hydrogens is 483 g/mol. The van der Waals surface area contributed by atoms with Gasteiger partial charge < -0.3 is 9.05 Å². The van der Waals surface area contributed by atoms with Gasteiger partial charge in [0.1, 0.15) is 11.5 Å². The Hall–Kier alpha value is -2.31. The average Bonchev–Trinajstić information content (AvgIpc) is 2.76. The molecule has 38 heavy (non-hydrogen) atoms. The van der Waals surface area contributed by atoms with Crippen LogP contribution in [0.4, 0.5) is 0 Å². The van der Waals surface area contributed by atoms with E-state index in [0.717, 1.165) is 16.8 Å². The summed E-state index contributed by atoms with van der Waals surface area (Å²) in [5.41, 5.74) is 8.52. The molecular formula is C35H47O2P. The molecule has 3 aromatic carbocycles. The lowest BCUT2D eigenvalue weighted by molar-refractivity contribution is 0.452. The van der Waals surface area contributed by atoms with E-state index in [-0.39, 0.29) is 21.7 Å². The Morgan fingerprint density at radius 1 is 0.605 bits per heavy atom. The van der Waals surface area contributed by atoms with Crippen LogP contribution in [0.25, 0.3) is 11.1 Å². The molecule has 0 bridgehead atoms. The molecule has 3 heteroatoms. The number of benzene rings is 3. The smallest absolute Gasteiger partial charge is 0.326 e. The number of aryl methyl sites for hydroxylation is 1. The van der Waals surface area contributed by atoms with Crippen LogP contribution in [-0.2, 0) is 21.7 Å². The van der Waals surface area contributed by atoms with E-state index in [2.05, 4.69) is 139 Å². The molecule has 1 unspecified atom stereocenters. The van der Waals surface area contributed by atoms with E-state index >= 15 is 0 Å². The quantitative estimate of drug-likeness (QED) is 0.307. The molecule has 1 heterocycles. The second-order valence-corrected chi connectivity index (χ2v) is 16.4. The van der Waals surface area contributed by atoms with E-state index in [9.17, 15) is 0 Å². The molecule has 0 aliphatic carbocycles. The van der Waals surface area contributed by atoms with E-state index in [1.54, 1.807) is 0 Å². The Morgan fingerprint density at radius 2 is 1.13 bits per heavy atom. The highest BCUT2D eigenvalue weighted by molar-refractivity contribution is 7.57. The van der Waals surface area contributed by atoms with Gasteiger partial charge in [-0.05, 0) is 51.8 Å². The predicted molar refractivity (Wildman–Crippen MR) is 166 cm³/mol. The minimum atomic E-state index is -1.39. The Labute approximate surface area is 233 Å². The molecule has 1 aliphatic rings. The molecule has 0 radical (unpaired) electrons. The van der Waals surface area contributed by atoms with Crippen molar-refractivity contribution in [3.63, 3.8) is 0 Å². The second-order valence-electron chi connectivity index (χ2n) is 15.0. The van der Waals surface area contributed by atoms with Crippen LogP contribution >= 0.6 is 8.38 Å². The SMILES string of the molecule is Cc1cc(C(C)(C)C)c(OP2Oc3c(cc(C(C)(C)C)cc3C(C)(C)C)-c3ccccc32)c(C(C)(C)C)c1. The van der Waals surface area contributed by atoms with Crippen molar-refractivity contribution in [3.8, 4) is 22.6 Å². The maximum absolute atomic E-state index is 7.12. The fourth-order valence-corrected chi connectivity index (χ4v) is 6.60. The fraction of sp³-hybridized carbons (Fsp3) is 0.486. The monoisotopic (exact) mass is 530 g/mol. The number of hydrogen-bond acceptors (Lipinski definition) is 2. The molecule has 0 aromatic heterocycles. The standard InChI is InChI=1S/C35H47O2P/c1-22-18-26(33(5,6)7)31(27(19-22)34(8,9)10)37-38-29-17-15-14-16-24(29)25-20-23(32(2,3)4)21-28(30(25)36-38)35(11,12)13/h14-21H,1-13H3. The third-order valence-corrected chi connectivity index (χ3v) is 8.83. The molecule has 0 saturated carbocycles. The van der Waals surface area contributed by atoms with Gasteiger partial charge in [0.25, 0.3) is 0 Å². The molecule has 0 spiro atoms. The molecule has 0 saturated heterocycles. The van der Waals surface area contributed by atoms with Crippen molar-refractivity contribution < 1.29 is 9.05 Å². The van der Waals surface area contributed by atoms with Crippen molar-refractivity contribution in [1.29, 1.82) is 0 Å². The average molecular weight is 531 g/mol. The Morgan fingerprint density at radius 3 is 1.63 bits per heavy atom. The lowest BCUT2D eigenvalue weighted by Crippen LogP contribution is -2.25. The molecule has 2 nitrogen and oxygen atoms in total. The van der Waals surface area contributed by atoms with Crippen molar-refractivity contribution >= 4 is 13.7 Å². The number of fused-ring (bicyclic) bond motifs is 3. The molecule has 0 amide bonds. The number of hydrogen-bond donors (Lipinski definition) is 0. The van der Waals surface area contributed by atoms with Crippen molar-refractivity contribution in [2.75, 3.05) is 0 Å². The summed E-state index contributed by atoms with van der Waals surface area (Å²) in [7, 11) is -1.39. The molecule has 1 atom stereocenters. The molecule has 3 aromatic rings. The fourth-order valence-electron chi connectivity index (χ4n) is 5.05. The van der Waals surface area contributed by atoms with Crippen LogP contribution in [-0.4, -0.2) is 0 Å². The van der Waals surface area contributed by atoms with Gasteiger partial charge in [0.05, 0.1) is 5.30 Å². The van der Waals surface area contributed by atoms with E-state index in [1.165, 1.54) is 38.9 Å². The van der Waals surface area contributed by atoms with Crippen LogP contribution in [0, 0.1) is 6.92 Å². The first-order chi connectivity index (χ1) is 17.3. The van der Waals surface area contributed by atoms with Crippen molar-refractivity contribution in [2.24, 2.45) is 0 Å². The summed E-state index contributed by atoms with van der Waals surface area (Å²) in [4.78, 5) is 0. The second kappa shape index (κ2) is 9.41. The van der Waals surface area contributed by atoms with Gasteiger partial charge in [0, 0.05) is 22.3 Å². The zero-order valence-corrected chi connectivity index (χ0v) is 26.8. The molecule has 0 N–H and O–H groups in total. The highest BCUT2D eigenvalue weighted by Gasteiger charge is 2.37. The van der Waals surface area contributed by atoms with Crippen LogP contribution < -0.4 is 14.4 Å². The van der Waals surface area contributed by atoms with Crippen LogP contribution in [0.2, 0.25) is 0 Å². The normalized spacial score (nSPS) is 16.0. The summed E-state index contributed by atoms with van der Waals surface area (Å²) in [6.07, 6.45) is 0. The van der Waals surface area contributed by atoms with Gasteiger partial charge in [-0.2, -0.15) is 0 Å². The lowest BCUT2D eigenvalue weighted by atomic mass is 9.78. The molecule has 4 rings (SSSR count). The van der Waals surface area contributed by atoms with Crippen LogP contribution in [0.5, 0.6) is 11.5 Å². The topological polar surface area (TPSA) is 18.5 Å². The summed E-state index contributed by atoms with van der Waals surface area (Å²) in [5, 5.41) is 1.14. The summed E-state index contributed by atoms with van der Waals surface area (Å²) < 4.78 is 14.1. The van der Waals surface area contributed by atoms with E-state index in [4.69, 9.17) is 9.05 Å². The summed E-state index contributed by atoms with van der Waals surface area (Å²) in [5.74, 6) is 1.95. The van der Waals surface area contributed by atoms with Crippen molar-refractivity contribution in [3.05, 3.63) is 76.3 Å². The Bertz CT molecular complexity index is 1320. The third kappa shape index (κ3) is 5.53. The zero-order valence-electron chi connectivity index (χ0n) is 25.9. The van der Waals surface area contributed by atoms with Crippen LogP contribution in [0.15, 0.2) is 48.5 Å². The molecule has 1 aliphatic heterocycles. The van der Waals surface area contributed by atoms with Gasteiger partial charge >= 0.3 is 8.38 Å². The summed E-state index contributed by atoms with van der Waals surface area (Å²) in [6.45, 7) is 29.5. The summed E-state index contributed by atoms with van der Waals surface area (Å²) >= 11 is 0. The predicted octanol–water partition coefficient (Wildman–Crippen LogP) is 10.3. The van der Waals surface area contributed by atoms with Crippen LogP contribution in [0.1, 0.15) is 111 Å². The zero-order chi connectivity index (χ0) is 28.4. The van der Waals surface area contributed by atoms with Crippen molar-refractivity contribution in [1.82, 2.24) is 0 Å². The van der Waals surface area contributed by atoms with E-state index in [0.29, 0.717) is 0 Å². The third-order valence-electron chi connectivity index (χ3n) is 7.35. The minimum absolute atomic E-state index is 0.0355. The van der Waals surface area contributed by atoms with Gasteiger partial charge in [-0.1, -0.05) is 125 Å². The number of rotatable bonds is 2. The van der Waals surface area contributed by atoms with Crippen molar-refractivity contribution in [2.45, 2.75) is 112 Å². The molecule has 204 valence electrons. The maximum Gasteiger partial charge on any atom is 0.326 e. The van der Waals surface area contributed by atoms with E-state index in [1.807, 2.05) is 0 Å². The first-order valence-electron chi connectivity index (χ1n) is 13.9.